The second-order valence-electron chi connectivity index (χ2n) is 4.38. The van der Waals surface area contributed by atoms with Gasteiger partial charge in [-0.3, -0.25) is 4.79 Å². The number of benzene rings is 1. The smallest absolute Gasteiger partial charge is 0.227 e. The third-order valence-electron chi connectivity index (χ3n) is 2.91. The van der Waals surface area contributed by atoms with Gasteiger partial charge in [0.1, 0.15) is 5.75 Å². The lowest BCUT2D eigenvalue weighted by atomic mass is 10.2. The molecular formula is C14H17N3O3S. The number of aliphatic hydroxyl groups is 1. The van der Waals surface area contributed by atoms with E-state index in [4.69, 9.17) is 10.5 Å². The molecule has 0 fully saturated rings. The predicted octanol–water partition coefficient (Wildman–Crippen LogP) is 1.01. The number of thioether (sulfide) groups is 1. The summed E-state index contributed by atoms with van der Waals surface area (Å²) in [7, 11) is 1.62. The fourth-order valence-corrected chi connectivity index (χ4v) is 2.59. The first kappa shape index (κ1) is 15.4. The van der Waals surface area contributed by atoms with Crippen molar-refractivity contribution in [1.29, 1.82) is 0 Å². The van der Waals surface area contributed by atoms with E-state index in [2.05, 4.69) is 4.98 Å². The molecule has 2 rings (SSSR count). The van der Waals surface area contributed by atoms with Gasteiger partial charge in [-0.2, -0.15) is 0 Å². The molecule has 112 valence electrons. The Morgan fingerprint density at radius 2 is 2.14 bits per heavy atom. The second-order valence-corrected chi connectivity index (χ2v) is 5.32. The van der Waals surface area contributed by atoms with E-state index in [1.807, 2.05) is 28.8 Å². The molecule has 7 heteroatoms. The largest absolute Gasteiger partial charge is 0.497 e. The number of aliphatic hydroxyl groups excluding tert-OH is 1. The molecule has 6 nitrogen and oxygen atoms in total. The number of carbonyl (C=O) groups is 1. The van der Waals surface area contributed by atoms with Crippen molar-refractivity contribution >= 4 is 17.7 Å². The number of amides is 1. The van der Waals surface area contributed by atoms with Crippen LogP contribution in [0.4, 0.5) is 0 Å². The van der Waals surface area contributed by atoms with Crippen molar-refractivity contribution < 1.29 is 14.6 Å². The predicted molar refractivity (Wildman–Crippen MR) is 80.2 cm³/mol. The average Bonchev–Trinajstić information content (AvgIpc) is 2.88. The van der Waals surface area contributed by atoms with E-state index in [9.17, 15) is 9.90 Å². The van der Waals surface area contributed by atoms with Crippen LogP contribution in [0.2, 0.25) is 0 Å². The highest BCUT2D eigenvalue weighted by Gasteiger charge is 2.11. The summed E-state index contributed by atoms with van der Waals surface area (Å²) in [6, 6.07) is 7.65. The number of imidazole rings is 1. The Labute approximate surface area is 126 Å². The maximum Gasteiger partial charge on any atom is 0.227 e. The number of primary amides is 1. The number of nitrogens with two attached hydrogens (primary N) is 1. The number of hydrogen-bond donors (Lipinski definition) is 2. The van der Waals surface area contributed by atoms with Gasteiger partial charge in [0.05, 0.1) is 31.4 Å². The zero-order valence-corrected chi connectivity index (χ0v) is 12.5. The molecule has 3 N–H and O–H groups in total. The van der Waals surface area contributed by atoms with Crippen LogP contribution in [-0.2, 0) is 17.9 Å². The van der Waals surface area contributed by atoms with Crippen LogP contribution in [0.3, 0.4) is 0 Å². The Balaban J connectivity index is 2.19. The molecule has 0 unspecified atom stereocenters. The van der Waals surface area contributed by atoms with Crippen molar-refractivity contribution in [2.75, 3.05) is 12.9 Å². The molecule has 1 heterocycles. The van der Waals surface area contributed by atoms with Gasteiger partial charge in [0.25, 0.3) is 0 Å². The number of carbonyl (C=O) groups excluding carboxylic acids is 1. The van der Waals surface area contributed by atoms with Gasteiger partial charge in [0.15, 0.2) is 5.16 Å². The quantitative estimate of drug-likeness (QED) is 0.745. The Morgan fingerprint density at radius 1 is 1.43 bits per heavy atom. The maximum absolute atomic E-state index is 10.9. The van der Waals surface area contributed by atoms with Gasteiger partial charge < -0.3 is 20.1 Å². The summed E-state index contributed by atoms with van der Waals surface area (Å²) < 4.78 is 6.99. The number of aromatic nitrogens is 2. The van der Waals surface area contributed by atoms with Crippen LogP contribution in [0.15, 0.2) is 35.6 Å². The van der Waals surface area contributed by atoms with E-state index < -0.39 is 5.91 Å². The first-order chi connectivity index (χ1) is 10.1. The molecule has 2 aromatic rings. The van der Waals surface area contributed by atoms with Crippen molar-refractivity contribution in [1.82, 2.24) is 9.55 Å². The van der Waals surface area contributed by atoms with Crippen LogP contribution in [0.1, 0.15) is 11.3 Å². The molecule has 1 amide bonds. The molecule has 0 aliphatic heterocycles. The minimum absolute atomic E-state index is 0.111. The van der Waals surface area contributed by atoms with Crippen LogP contribution < -0.4 is 10.5 Å². The Morgan fingerprint density at radius 3 is 2.71 bits per heavy atom. The summed E-state index contributed by atoms with van der Waals surface area (Å²) in [5, 5.41) is 10.0. The molecule has 0 atom stereocenters. The zero-order valence-electron chi connectivity index (χ0n) is 11.7. The van der Waals surface area contributed by atoms with Crippen molar-refractivity contribution in [3.63, 3.8) is 0 Å². The van der Waals surface area contributed by atoms with E-state index in [1.54, 1.807) is 13.3 Å². The molecule has 0 spiro atoms. The number of hydrogen-bond acceptors (Lipinski definition) is 5. The van der Waals surface area contributed by atoms with Gasteiger partial charge in [-0.05, 0) is 17.7 Å². The molecule has 0 radical (unpaired) electrons. The van der Waals surface area contributed by atoms with Gasteiger partial charge in [0.2, 0.25) is 5.91 Å². The van der Waals surface area contributed by atoms with E-state index in [1.165, 1.54) is 11.8 Å². The van der Waals surface area contributed by atoms with Gasteiger partial charge in [-0.1, -0.05) is 23.9 Å². The first-order valence-corrected chi connectivity index (χ1v) is 7.32. The van der Waals surface area contributed by atoms with Gasteiger partial charge >= 0.3 is 0 Å². The normalized spacial score (nSPS) is 10.6. The lowest BCUT2D eigenvalue weighted by Gasteiger charge is -2.11. The molecule has 1 aromatic heterocycles. The van der Waals surface area contributed by atoms with E-state index in [0.29, 0.717) is 17.4 Å². The van der Waals surface area contributed by atoms with Gasteiger partial charge in [-0.15, -0.1) is 0 Å². The van der Waals surface area contributed by atoms with Gasteiger partial charge in [-0.25, -0.2) is 4.98 Å². The molecule has 1 aromatic carbocycles. The van der Waals surface area contributed by atoms with Crippen LogP contribution in [0, 0.1) is 0 Å². The van der Waals surface area contributed by atoms with E-state index in [0.717, 1.165) is 11.3 Å². The fourth-order valence-electron chi connectivity index (χ4n) is 1.85. The summed E-state index contributed by atoms with van der Waals surface area (Å²) in [5.74, 6) is 0.546. The van der Waals surface area contributed by atoms with Crippen molar-refractivity contribution in [2.24, 2.45) is 5.73 Å². The summed E-state index contributed by atoms with van der Waals surface area (Å²) in [4.78, 5) is 15.1. The number of methoxy groups -OCH3 is 1. The Bertz CT molecular complexity index is 610. The molecule has 0 aliphatic carbocycles. The van der Waals surface area contributed by atoms with Crippen molar-refractivity contribution in [3.05, 3.63) is 41.7 Å². The summed E-state index contributed by atoms with van der Waals surface area (Å²) >= 11 is 1.26. The lowest BCUT2D eigenvalue weighted by molar-refractivity contribution is -0.115. The van der Waals surface area contributed by atoms with Crippen molar-refractivity contribution in [2.45, 2.75) is 18.3 Å². The Hall–Kier alpha value is -1.99. The second kappa shape index (κ2) is 7.14. The van der Waals surface area contributed by atoms with Crippen LogP contribution >= 0.6 is 11.8 Å². The summed E-state index contributed by atoms with van der Waals surface area (Å²) in [6.45, 7) is 0.446. The van der Waals surface area contributed by atoms with Gasteiger partial charge in [0, 0.05) is 6.54 Å². The topological polar surface area (TPSA) is 90.4 Å². The maximum atomic E-state index is 10.9. The van der Waals surface area contributed by atoms with E-state index in [-0.39, 0.29) is 12.4 Å². The third-order valence-corrected chi connectivity index (χ3v) is 3.92. The molecule has 0 saturated carbocycles. The minimum Gasteiger partial charge on any atom is -0.497 e. The standard InChI is InChI=1S/C14H17N3O3S/c1-20-12-4-2-10(3-5-12)7-17-11(8-18)6-16-14(17)21-9-13(15)19/h2-6,18H,7-9H2,1H3,(H2,15,19). The fraction of sp³-hybridized carbons (Fsp3) is 0.286. The molecule has 21 heavy (non-hydrogen) atoms. The highest BCUT2D eigenvalue weighted by atomic mass is 32.2. The van der Waals surface area contributed by atoms with Crippen LogP contribution in [0.5, 0.6) is 5.75 Å². The number of rotatable bonds is 7. The zero-order chi connectivity index (χ0) is 15.2. The third kappa shape index (κ3) is 3.99. The average molecular weight is 307 g/mol. The SMILES string of the molecule is COc1ccc(Cn2c(CO)cnc2SCC(N)=O)cc1. The number of ether oxygens (including phenoxy) is 1. The monoisotopic (exact) mass is 307 g/mol. The van der Waals surface area contributed by atoms with Crippen LogP contribution in [0.25, 0.3) is 0 Å². The summed E-state index contributed by atoms with van der Waals surface area (Å²) in [6.07, 6.45) is 1.60. The first-order valence-electron chi connectivity index (χ1n) is 6.33. The number of nitrogens with zero attached hydrogens (tertiary/aromatic N) is 2. The van der Waals surface area contributed by atoms with Crippen molar-refractivity contribution in [3.8, 4) is 5.75 Å². The molecule has 0 aliphatic rings. The molecule has 0 bridgehead atoms. The minimum atomic E-state index is -0.399. The van der Waals surface area contributed by atoms with E-state index >= 15 is 0 Å². The lowest BCUT2D eigenvalue weighted by Crippen LogP contribution is -2.14. The van der Waals surface area contributed by atoms with Crippen LogP contribution in [-0.4, -0.2) is 33.4 Å². The highest BCUT2D eigenvalue weighted by molar-refractivity contribution is 7.99. The molecular weight excluding hydrogens is 290 g/mol. The Kier molecular flexibility index (Phi) is 5.24. The summed E-state index contributed by atoms with van der Waals surface area (Å²) in [5.41, 5.74) is 6.89. The highest BCUT2D eigenvalue weighted by Crippen LogP contribution is 2.21. The molecule has 0 saturated heterocycles.